The zero-order valence-electron chi connectivity index (χ0n) is 10.8. The maximum atomic E-state index is 13.6. The van der Waals surface area contributed by atoms with Gasteiger partial charge in [-0.25, -0.2) is 8.78 Å². The third-order valence-electron chi connectivity index (χ3n) is 3.52. The molecule has 1 aromatic rings. The Kier molecular flexibility index (Phi) is 4.66. The van der Waals surface area contributed by atoms with Crippen LogP contribution in [-0.2, 0) is 6.54 Å². The molecule has 0 aliphatic carbocycles. The minimum absolute atomic E-state index is 0.441. The molecule has 4 heteroatoms. The molecule has 1 unspecified atom stereocenters. The Bertz CT molecular complexity index is 395. The molecule has 1 aliphatic heterocycles. The first-order valence-corrected chi connectivity index (χ1v) is 6.59. The molecule has 2 rings (SSSR count). The van der Waals surface area contributed by atoms with Gasteiger partial charge < -0.3 is 5.32 Å². The lowest BCUT2D eigenvalue weighted by molar-refractivity contribution is 0.237. The van der Waals surface area contributed by atoms with Crippen molar-refractivity contribution in [3.8, 4) is 0 Å². The number of hydrogen-bond donors (Lipinski definition) is 1. The summed E-state index contributed by atoms with van der Waals surface area (Å²) in [5.74, 6) is -0.953. The second kappa shape index (κ2) is 6.25. The van der Waals surface area contributed by atoms with Crippen LogP contribution in [0.1, 0.15) is 25.3 Å². The summed E-state index contributed by atoms with van der Waals surface area (Å²) in [5.41, 5.74) is 0.583. The average molecular weight is 254 g/mol. The Balaban J connectivity index is 1.99. The lowest BCUT2D eigenvalue weighted by Crippen LogP contribution is -2.37. The fourth-order valence-corrected chi connectivity index (χ4v) is 2.51. The first kappa shape index (κ1) is 13.4. The normalized spacial score (nSPS) is 20.5. The highest BCUT2D eigenvalue weighted by Crippen LogP contribution is 2.21. The van der Waals surface area contributed by atoms with Crippen molar-refractivity contribution in [2.45, 2.75) is 32.4 Å². The SMILES string of the molecule is CCNCC1CCCN1Cc1ccc(F)cc1F. The van der Waals surface area contributed by atoms with E-state index in [0.717, 1.165) is 38.5 Å². The van der Waals surface area contributed by atoms with Crippen LogP contribution >= 0.6 is 0 Å². The van der Waals surface area contributed by atoms with E-state index in [-0.39, 0.29) is 0 Å². The molecule has 18 heavy (non-hydrogen) atoms. The number of hydrogen-bond acceptors (Lipinski definition) is 2. The molecule has 1 aliphatic rings. The smallest absolute Gasteiger partial charge is 0.130 e. The Labute approximate surface area is 107 Å². The van der Waals surface area contributed by atoms with Gasteiger partial charge in [-0.1, -0.05) is 13.0 Å². The summed E-state index contributed by atoms with van der Waals surface area (Å²) < 4.78 is 26.4. The second-order valence-electron chi connectivity index (χ2n) is 4.81. The summed E-state index contributed by atoms with van der Waals surface area (Å²) in [5, 5.41) is 3.33. The van der Waals surface area contributed by atoms with E-state index in [4.69, 9.17) is 0 Å². The maximum Gasteiger partial charge on any atom is 0.130 e. The monoisotopic (exact) mass is 254 g/mol. The molecule has 0 spiro atoms. The molecule has 2 nitrogen and oxygen atoms in total. The molecule has 1 saturated heterocycles. The first-order chi connectivity index (χ1) is 8.70. The Morgan fingerprint density at radius 3 is 2.94 bits per heavy atom. The quantitative estimate of drug-likeness (QED) is 0.868. The predicted octanol–water partition coefficient (Wildman–Crippen LogP) is 2.54. The van der Waals surface area contributed by atoms with Crippen LogP contribution < -0.4 is 5.32 Å². The molecule has 1 heterocycles. The Morgan fingerprint density at radius 1 is 1.39 bits per heavy atom. The molecule has 0 saturated carbocycles. The molecule has 0 bridgehead atoms. The van der Waals surface area contributed by atoms with E-state index in [1.165, 1.54) is 6.07 Å². The zero-order chi connectivity index (χ0) is 13.0. The molecule has 1 fully saturated rings. The van der Waals surface area contributed by atoms with Gasteiger partial charge in [-0.3, -0.25) is 4.90 Å². The van der Waals surface area contributed by atoms with Crippen molar-refractivity contribution >= 4 is 0 Å². The highest BCUT2D eigenvalue weighted by atomic mass is 19.1. The number of benzene rings is 1. The lowest BCUT2D eigenvalue weighted by atomic mass is 10.1. The van der Waals surface area contributed by atoms with E-state index in [1.54, 1.807) is 6.07 Å². The molecular weight excluding hydrogens is 234 g/mol. The van der Waals surface area contributed by atoms with E-state index in [9.17, 15) is 8.78 Å². The molecule has 0 radical (unpaired) electrons. The molecule has 0 amide bonds. The van der Waals surface area contributed by atoms with Crippen LogP contribution in [0.3, 0.4) is 0 Å². The number of nitrogens with one attached hydrogen (secondary N) is 1. The summed E-state index contributed by atoms with van der Waals surface area (Å²) in [7, 11) is 0. The molecule has 1 aromatic carbocycles. The van der Waals surface area contributed by atoms with Crippen LogP contribution in [0.4, 0.5) is 8.78 Å². The van der Waals surface area contributed by atoms with E-state index < -0.39 is 11.6 Å². The largest absolute Gasteiger partial charge is 0.315 e. The topological polar surface area (TPSA) is 15.3 Å². The fourth-order valence-electron chi connectivity index (χ4n) is 2.51. The van der Waals surface area contributed by atoms with Crippen LogP contribution in [0, 0.1) is 11.6 Å². The van der Waals surface area contributed by atoms with Gasteiger partial charge in [0.05, 0.1) is 0 Å². The van der Waals surface area contributed by atoms with Crippen molar-refractivity contribution in [3.05, 3.63) is 35.4 Å². The minimum atomic E-state index is -0.512. The summed E-state index contributed by atoms with van der Waals surface area (Å²) in [6, 6.07) is 4.31. The minimum Gasteiger partial charge on any atom is -0.315 e. The fraction of sp³-hybridized carbons (Fsp3) is 0.571. The Hall–Kier alpha value is -1.00. The molecule has 1 atom stereocenters. The average Bonchev–Trinajstić information content (AvgIpc) is 2.77. The summed E-state index contributed by atoms with van der Waals surface area (Å²) >= 11 is 0. The number of nitrogens with zero attached hydrogens (tertiary/aromatic N) is 1. The standard InChI is InChI=1S/C14H20F2N2/c1-2-17-9-13-4-3-7-18(13)10-11-5-6-12(15)8-14(11)16/h5-6,8,13,17H,2-4,7,9-10H2,1H3. The summed E-state index contributed by atoms with van der Waals surface area (Å²) in [6.07, 6.45) is 2.30. The van der Waals surface area contributed by atoms with Gasteiger partial charge in [-0.15, -0.1) is 0 Å². The van der Waals surface area contributed by atoms with E-state index in [0.29, 0.717) is 18.2 Å². The van der Waals surface area contributed by atoms with Gasteiger partial charge in [0, 0.05) is 30.8 Å². The van der Waals surface area contributed by atoms with Crippen molar-refractivity contribution in [1.82, 2.24) is 10.2 Å². The van der Waals surface area contributed by atoms with Crippen molar-refractivity contribution in [3.63, 3.8) is 0 Å². The van der Waals surface area contributed by atoms with E-state index in [1.807, 2.05) is 0 Å². The highest BCUT2D eigenvalue weighted by molar-refractivity contribution is 5.18. The van der Waals surface area contributed by atoms with Gasteiger partial charge in [-0.2, -0.15) is 0 Å². The highest BCUT2D eigenvalue weighted by Gasteiger charge is 2.24. The maximum absolute atomic E-state index is 13.6. The summed E-state index contributed by atoms with van der Waals surface area (Å²) in [6.45, 7) is 5.54. The van der Waals surface area contributed by atoms with Crippen molar-refractivity contribution < 1.29 is 8.78 Å². The number of halogens is 2. The van der Waals surface area contributed by atoms with Gasteiger partial charge in [-0.05, 0) is 32.0 Å². The third-order valence-corrected chi connectivity index (χ3v) is 3.52. The second-order valence-corrected chi connectivity index (χ2v) is 4.81. The van der Waals surface area contributed by atoms with Crippen LogP contribution in [0.5, 0.6) is 0 Å². The van der Waals surface area contributed by atoms with E-state index >= 15 is 0 Å². The predicted molar refractivity (Wildman–Crippen MR) is 68.3 cm³/mol. The van der Waals surface area contributed by atoms with Crippen molar-refractivity contribution in [2.24, 2.45) is 0 Å². The number of likely N-dealkylation sites (N-methyl/N-ethyl adjacent to an activating group) is 1. The zero-order valence-corrected chi connectivity index (χ0v) is 10.8. The molecule has 1 N–H and O–H groups in total. The van der Waals surface area contributed by atoms with Gasteiger partial charge in [0.2, 0.25) is 0 Å². The van der Waals surface area contributed by atoms with Gasteiger partial charge in [0.25, 0.3) is 0 Å². The summed E-state index contributed by atoms with van der Waals surface area (Å²) in [4.78, 5) is 2.28. The van der Waals surface area contributed by atoms with Crippen molar-refractivity contribution in [2.75, 3.05) is 19.6 Å². The van der Waals surface area contributed by atoms with E-state index in [2.05, 4.69) is 17.1 Å². The third kappa shape index (κ3) is 3.27. The van der Waals surface area contributed by atoms with Gasteiger partial charge in [0.15, 0.2) is 0 Å². The van der Waals surface area contributed by atoms with Gasteiger partial charge >= 0.3 is 0 Å². The first-order valence-electron chi connectivity index (χ1n) is 6.59. The van der Waals surface area contributed by atoms with Crippen LogP contribution in [0.2, 0.25) is 0 Å². The van der Waals surface area contributed by atoms with Gasteiger partial charge in [0.1, 0.15) is 11.6 Å². The molecule has 100 valence electrons. The molecule has 0 aromatic heterocycles. The van der Waals surface area contributed by atoms with Crippen LogP contribution in [0.15, 0.2) is 18.2 Å². The van der Waals surface area contributed by atoms with Crippen LogP contribution in [0.25, 0.3) is 0 Å². The van der Waals surface area contributed by atoms with Crippen molar-refractivity contribution in [1.29, 1.82) is 0 Å². The Morgan fingerprint density at radius 2 is 2.22 bits per heavy atom. The lowest BCUT2D eigenvalue weighted by Gasteiger charge is -2.24. The number of likely N-dealkylation sites (tertiary alicyclic amines) is 1. The molecular formula is C14H20F2N2. The van der Waals surface area contributed by atoms with Crippen LogP contribution in [-0.4, -0.2) is 30.6 Å². The number of rotatable bonds is 5.